The Morgan fingerprint density at radius 2 is 1.56 bits per heavy atom. The van der Waals surface area contributed by atoms with Gasteiger partial charge in [0.1, 0.15) is 6.61 Å². The molecule has 1 aromatic heterocycles. The number of hydrogen-bond donors (Lipinski definition) is 1. The van der Waals surface area contributed by atoms with Gasteiger partial charge in [-0.25, -0.2) is 9.87 Å². The number of azo groups is 1. The standard InChI is InChI=1S/C18H27N5O2/c1-10-12(3)17(22(6)7)13(4)11(2)16(10)20-21-18-19-14(5)15(9-25-24)23(18)8/h24H,9H2,1-8H3. The van der Waals surface area contributed by atoms with E-state index >= 15 is 0 Å². The zero-order valence-electron chi connectivity index (χ0n) is 16.3. The Kier molecular flexibility index (Phi) is 5.59. The average molecular weight is 345 g/mol. The van der Waals surface area contributed by atoms with Gasteiger partial charge >= 0.3 is 0 Å². The third kappa shape index (κ3) is 3.43. The molecule has 7 nitrogen and oxygen atoms in total. The molecule has 0 saturated carbocycles. The van der Waals surface area contributed by atoms with E-state index in [0.29, 0.717) is 5.95 Å². The van der Waals surface area contributed by atoms with Gasteiger partial charge in [-0.15, -0.1) is 10.2 Å². The largest absolute Gasteiger partial charge is 0.377 e. The number of nitrogens with zero attached hydrogens (tertiary/aromatic N) is 5. The summed E-state index contributed by atoms with van der Waals surface area (Å²) in [6, 6.07) is 0. The Bertz CT molecular complexity index is 793. The maximum absolute atomic E-state index is 8.69. The van der Waals surface area contributed by atoms with Crippen molar-refractivity contribution < 1.29 is 10.1 Å². The van der Waals surface area contributed by atoms with Gasteiger partial charge in [-0.3, -0.25) is 5.26 Å². The highest BCUT2D eigenvalue weighted by atomic mass is 17.1. The number of aryl methyl sites for hydroxylation is 1. The van der Waals surface area contributed by atoms with Gasteiger partial charge in [-0.05, 0) is 56.9 Å². The molecule has 1 N–H and O–H groups in total. The Morgan fingerprint density at radius 1 is 1.00 bits per heavy atom. The third-order valence-corrected chi connectivity index (χ3v) is 4.82. The lowest BCUT2D eigenvalue weighted by molar-refractivity contribution is -0.254. The van der Waals surface area contributed by atoms with E-state index in [4.69, 9.17) is 5.26 Å². The molecule has 0 bridgehead atoms. The fourth-order valence-corrected chi connectivity index (χ4v) is 3.19. The van der Waals surface area contributed by atoms with E-state index in [0.717, 1.165) is 28.2 Å². The summed E-state index contributed by atoms with van der Waals surface area (Å²) in [5.74, 6) is 0.482. The van der Waals surface area contributed by atoms with Crippen LogP contribution in [0.3, 0.4) is 0 Å². The van der Waals surface area contributed by atoms with Gasteiger partial charge in [0.05, 0.1) is 17.1 Å². The van der Waals surface area contributed by atoms with Crippen LogP contribution in [0.1, 0.15) is 33.6 Å². The van der Waals surface area contributed by atoms with Gasteiger partial charge in [-0.2, -0.15) is 0 Å². The van der Waals surface area contributed by atoms with Crippen LogP contribution in [0, 0.1) is 34.6 Å². The van der Waals surface area contributed by atoms with Crippen LogP contribution < -0.4 is 4.90 Å². The molecule has 0 aliphatic rings. The highest BCUT2D eigenvalue weighted by Crippen LogP contribution is 2.37. The van der Waals surface area contributed by atoms with Crippen LogP contribution in [-0.2, 0) is 18.5 Å². The molecule has 136 valence electrons. The second kappa shape index (κ2) is 7.33. The van der Waals surface area contributed by atoms with E-state index in [9.17, 15) is 0 Å². The van der Waals surface area contributed by atoms with Crippen LogP contribution in [-0.4, -0.2) is 28.9 Å². The van der Waals surface area contributed by atoms with E-state index in [-0.39, 0.29) is 6.61 Å². The highest BCUT2D eigenvalue weighted by Gasteiger charge is 2.17. The predicted octanol–water partition coefficient (Wildman–Crippen LogP) is 4.43. The van der Waals surface area contributed by atoms with Crippen molar-refractivity contribution in [2.45, 2.75) is 41.2 Å². The van der Waals surface area contributed by atoms with Crippen molar-refractivity contribution in [1.29, 1.82) is 0 Å². The van der Waals surface area contributed by atoms with Crippen molar-refractivity contribution in [3.05, 3.63) is 33.6 Å². The molecule has 0 saturated heterocycles. The summed E-state index contributed by atoms with van der Waals surface area (Å²) in [5, 5.41) is 17.5. The third-order valence-electron chi connectivity index (χ3n) is 4.82. The topological polar surface area (TPSA) is 75.2 Å². The normalized spacial score (nSPS) is 11.6. The van der Waals surface area contributed by atoms with Crippen molar-refractivity contribution >= 4 is 17.3 Å². The number of rotatable bonds is 5. The van der Waals surface area contributed by atoms with E-state index in [2.05, 4.69) is 66.8 Å². The Morgan fingerprint density at radius 3 is 2.04 bits per heavy atom. The molecule has 1 aromatic carbocycles. The molecule has 2 rings (SSSR count). The van der Waals surface area contributed by atoms with Gasteiger partial charge in [0.25, 0.3) is 0 Å². The SMILES string of the molecule is Cc1nc(N=Nc2c(C)c(C)c(N(C)C)c(C)c2C)n(C)c1COO. The molecule has 0 aliphatic carbocycles. The van der Waals surface area contributed by atoms with Gasteiger partial charge < -0.3 is 9.47 Å². The summed E-state index contributed by atoms with van der Waals surface area (Å²) >= 11 is 0. The Labute approximate surface area is 148 Å². The Balaban J connectivity index is 2.52. The molecule has 0 amide bonds. The van der Waals surface area contributed by atoms with Crippen molar-refractivity contribution in [2.24, 2.45) is 17.3 Å². The summed E-state index contributed by atoms with van der Waals surface area (Å²) < 4.78 is 1.77. The first-order valence-corrected chi connectivity index (χ1v) is 8.18. The zero-order chi connectivity index (χ0) is 18.9. The van der Waals surface area contributed by atoms with E-state index in [1.165, 1.54) is 16.8 Å². The molecule has 0 radical (unpaired) electrons. The summed E-state index contributed by atoms with van der Waals surface area (Å²) in [7, 11) is 5.93. The summed E-state index contributed by atoms with van der Waals surface area (Å²) in [4.78, 5) is 10.8. The molecule has 0 spiro atoms. The number of imidazole rings is 1. The van der Waals surface area contributed by atoms with Gasteiger partial charge in [0, 0.05) is 26.8 Å². The first-order valence-electron chi connectivity index (χ1n) is 8.18. The summed E-state index contributed by atoms with van der Waals surface area (Å²) in [6.45, 7) is 10.3. The van der Waals surface area contributed by atoms with Crippen LogP contribution >= 0.6 is 0 Å². The molecule has 0 unspecified atom stereocenters. The van der Waals surface area contributed by atoms with Gasteiger partial charge in [-0.1, -0.05) is 0 Å². The van der Waals surface area contributed by atoms with E-state index < -0.39 is 0 Å². The minimum atomic E-state index is 0.0681. The van der Waals surface area contributed by atoms with Crippen molar-refractivity contribution in [3.8, 4) is 0 Å². The lowest BCUT2D eigenvalue weighted by atomic mass is 9.95. The lowest BCUT2D eigenvalue weighted by Crippen LogP contribution is -2.13. The lowest BCUT2D eigenvalue weighted by Gasteiger charge is -2.23. The molecule has 1 heterocycles. The maximum Gasteiger partial charge on any atom is 0.249 e. The first-order chi connectivity index (χ1) is 11.7. The van der Waals surface area contributed by atoms with E-state index in [1.54, 1.807) is 4.57 Å². The van der Waals surface area contributed by atoms with Crippen LogP contribution in [0.15, 0.2) is 10.2 Å². The zero-order valence-corrected chi connectivity index (χ0v) is 16.3. The fourth-order valence-electron chi connectivity index (χ4n) is 3.19. The average Bonchev–Trinajstić information content (AvgIpc) is 2.81. The van der Waals surface area contributed by atoms with Crippen molar-refractivity contribution in [1.82, 2.24) is 9.55 Å². The minimum Gasteiger partial charge on any atom is -0.377 e. The number of hydrogen-bond acceptors (Lipinski definition) is 6. The smallest absolute Gasteiger partial charge is 0.249 e. The van der Waals surface area contributed by atoms with Crippen LogP contribution in [0.2, 0.25) is 0 Å². The summed E-state index contributed by atoms with van der Waals surface area (Å²) in [5.41, 5.74) is 8.25. The molecule has 0 aliphatic heterocycles. The van der Waals surface area contributed by atoms with Crippen LogP contribution in [0.25, 0.3) is 0 Å². The van der Waals surface area contributed by atoms with Gasteiger partial charge in [0.2, 0.25) is 5.95 Å². The van der Waals surface area contributed by atoms with Gasteiger partial charge in [0.15, 0.2) is 0 Å². The van der Waals surface area contributed by atoms with E-state index in [1.807, 2.05) is 14.0 Å². The monoisotopic (exact) mass is 345 g/mol. The predicted molar refractivity (Wildman–Crippen MR) is 99.3 cm³/mol. The quantitative estimate of drug-likeness (QED) is 0.494. The number of anilines is 1. The Hall–Kier alpha value is -2.25. The van der Waals surface area contributed by atoms with Crippen molar-refractivity contribution in [2.75, 3.05) is 19.0 Å². The molecule has 7 heteroatoms. The molecule has 0 fully saturated rings. The first kappa shape index (κ1) is 19.1. The number of aromatic nitrogens is 2. The highest BCUT2D eigenvalue weighted by molar-refractivity contribution is 5.71. The van der Waals surface area contributed by atoms with Crippen LogP contribution in [0.5, 0.6) is 0 Å². The molecule has 2 aromatic rings. The fraction of sp³-hybridized carbons (Fsp3) is 0.500. The molecule has 0 atom stereocenters. The molecular formula is C18H27N5O2. The minimum absolute atomic E-state index is 0.0681. The van der Waals surface area contributed by atoms with Crippen LogP contribution in [0.4, 0.5) is 17.3 Å². The van der Waals surface area contributed by atoms with Crippen molar-refractivity contribution in [3.63, 3.8) is 0 Å². The second-order valence-corrected chi connectivity index (χ2v) is 6.57. The molecular weight excluding hydrogens is 318 g/mol. The maximum atomic E-state index is 8.69. The number of benzene rings is 1. The molecule has 25 heavy (non-hydrogen) atoms. The second-order valence-electron chi connectivity index (χ2n) is 6.57. The summed E-state index contributed by atoms with van der Waals surface area (Å²) in [6.07, 6.45) is 0.